The molecule has 0 unspecified atom stereocenters. The standard InChI is InChI=1S/C28H23ClFNO4S/c1-33-27-15-22-24(16-28(27)34-2)31-9-8-25(22)35-26-7-6-18(13-23(26)30)12-21(36)14-20(32)11-17-4-3-5-19(29)10-17/h3-10,13,15-16H,11-12,14H2,1-2H3. The maximum absolute atomic E-state index is 14.9. The van der Waals surface area contributed by atoms with Gasteiger partial charge in [-0.2, -0.15) is 0 Å². The fourth-order valence-electron chi connectivity index (χ4n) is 3.84. The molecule has 0 bridgehead atoms. The summed E-state index contributed by atoms with van der Waals surface area (Å²) in [6.07, 6.45) is 2.27. The van der Waals surface area contributed by atoms with Crippen LogP contribution < -0.4 is 14.2 Å². The molecule has 0 N–H and O–H groups in total. The fraction of sp³-hybridized carbons (Fsp3) is 0.179. The summed E-state index contributed by atoms with van der Waals surface area (Å²) in [6.45, 7) is 0. The van der Waals surface area contributed by atoms with Crippen molar-refractivity contribution in [3.05, 3.63) is 88.8 Å². The number of halogens is 2. The van der Waals surface area contributed by atoms with Crippen molar-refractivity contribution in [2.75, 3.05) is 14.2 Å². The number of hydrogen-bond acceptors (Lipinski definition) is 6. The first-order valence-corrected chi connectivity index (χ1v) is 11.9. The van der Waals surface area contributed by atoms with Gasteiger partial charge in [-0.05, 0) is 47.5 Å². The molecule has 0 atom stereocenters. The van der Waals surface area contributed by atoms with Crippen LogP contribution in [0, 0.1) is 5.82 Å². The number of carbonyl (C=O) groups excluding carboxylic acids is 1. The highest BCUT2D eigenvalue weighted by Crippen LogP contribution is 2.37. The third kappa shape index (κ3) is 6.17. The number of fused-ring (bicyclic) bond motifs is 1. The van der Waals surface area contributed by atoms with Crippen LogP contribution in [0.1, 0.15) is 17.5 Å². The van der Waals surface area contributed by atoms with Gasteiger partial charge in [-0.3, -0.25) is 9.78 Å². The minimum atomic E-state index is -0.536. The Morgan fingerprint density at radius 2 is 1.67 bits per heavy atom. The van der Waals surface area contributed by atoms with E-state index in [1.165, 1.54) is 13.2 Å². The predicted octanol–water partition coefficient (Wildman–Crippen LogP) is 6.95. The minimum absolute atomic E-state index is 0.0145. The Morgan fingerprint density at radius 1 is 0.917 bits per heavy atom. The van der Waals surface area contributed by atoms with Crippen molar-refractivity contribution >= 4 is 45.4 Å². The van der Waals surface area contributed by atoms with Crippen LogP contribution in [-0.4, -0.2) is 29.9 Å². The normalized spacial score (nSPS) is 10.8. The van der Waals surface area contributed by atoms with Gasteiger partial charge in [-0.25, -0.2) is 4.39 Å². The molecule has 8 heteroatoms. The van der Waals surface area contributed by atoms with Crippen LogP contribution in [0.15, 0.2) is 66.9 Å². The third-order valence-electron chi connectivity index (χ3n) is 5.51. The lowest BCUT2D eigenvalue weighted by Gasteiger charge is -2.13. The van der Waals surface area contributed by atoms with Gasteiger partial charge >= 0.3 is 0 Å². The van der Waals surface area contributed by atoms with Crippen LogP contribution in [0.2, 0.25) is 5.02 Å². The molecule has 3 aromatic carbocycles. The lowest BCUT2D eigenvalue weighted by Crippen LogP contribution is -2.11. The molecule has 0 spiro atoms. The predicted molar refractivity (Wildman–Crippen MR) is 142 cm³/mol. The SMILES string of the molecule is COc1cc2nccc(Oc3ccc(CC(=S)CC(=O)Cc4cccc(Cl)c4)cc3F)c2cc1OC. The summed E-state index contributed by atoms with van der Waals surface area (Å²) >= 11 is 11.4. The summed E-state index contributed by atoms with van der Waals surface area (Å²) in [4.78, 5) is 17.3. The van der Waals surface area contributed by atoms with Crippen LogP contribution in [-0.2, 0) is 17.6 Å². The van der Waals surface area contributed by atoms with Crippen LogP contribution in [0.3, 0.4) is 0 Å². The van der Waals surface area contributed by atoms with Gasteiger partial charge in [0.2, 0.25) is 0 Å². The first kappa shape index (κ1) is 25.5. The van der Waals surface area contributed by atoms with Gasteiger partial charge in [-0.1, -0.05) is 42.0 Å². The molecule has 36 heavy (non-hydrogen) atoms. The van der Waals surface area contributed by atoms with Crippen molar-refractivity contribution < 1.29 is 23.4 Å². The summed E-state index contributed by atoms with van der Waals surface area (Å²) in [5.41, 5.74) is 2.11. The number of methoxy groups -OCH3 is 2. The molecule has 0 saturated heterocycles. The quantitative estimate of drug-likeness (QED) is 0.210. The molecule has 0 aliphatic carbocycles. The smallest absolute Gasteiger partial charge is 0.166 e. The van der Waals surface area contributed by atoms with Gasteiger partial charge in [0.1, 0.15) is 11.5 Å². The monoisotopic (exact) mass is 523 g/mol. The number of ether oxygens (including phenoxy) is 3. The fourth-order valence-corrected chi connectivity index (χ4v) is 4.38. The lowest BCUT2D eigenvalue weighted by molar-refractivity contribution is -0.117. The molecule has 1 aromatic heterocycles. The van der Waals surface area contributed by atoms with E-state index in [1.54, 1.807) is 61.8 Å². The number of thiocarbonyl (C=S) groups is 1. The van der Waals surface area contributed by atoms with Gasteiger partial charge < -0.3 is 14.2 Å². The molecule has 0 aliphatic heterocycles. The van der Waals surface area contributed by atoms with Crippen LogP contribution in [0.4, 0.5) is 4.39 Å². The van der Waals surface area contributed by atoms with E-state index in [-0.39, 0.29) is 24.4 Å². The van der Waals surface area contributed by atoms with Crippen molar-refractivity contribution in [3.63, 3.8) is 0 Å². The zero-order valence-electron chi connectivity index (χ0n) is 19.7. The Hall–Kier alpha value is -3.55. The number of hydrogen-bond donors (Lipinski definition) is 0. The van der Waals surface area contributed by atoms with Gasteiger partial charge in [0.25, 0.3) is 0 Å². The number of pyridine rings is 1. The van der Waals surface area contributed by atoms with Crippen LogP contribution in [0.5, 0.6) is 23.0 Å². The zero-order chi connectivity index (χ0) is 25.7. The Morgan fingerprint density at radius 3 is 2.39 bits per heavy atom. The van der Waals surface area contributed by atoms with E-state index in [9.17, 15) is 9.18 Å². The Labute approximate surface area is 218 Å². The summed E-state index contributed by atoms with van der Waals surface area (Å²) in [5, 5.41) is 1.23. The number of nitrogens with zero attached hydrogens (tertiary/aromatic N) is 1. The zero-order valence-corrected chi connectivity index (χ0v) is 21.3. The second kappa shape index (κ2) is 11.5. The highest BCUT2D eigenvalue weighted by Gasteiger charge is 2.14. The average molecular weight is 524 g/mol. The number of carbonyl (C=O) groups is 1. The largest absolute Gasteiger partial charge is 0.493 e. The Balaban J connectivity index is 1.44. The number of aromatic nitrogens is 1. The van der Waals surface area contributed by atoms with Crippen molar-refractivity contribution in [2.45, 2.75) is 19.3 Å². The number of Topliss-reactive ketones (excluding diaryl/α,β-unsaturated/α-hetero) is 1. The first-order valence-electron chi connectivity index (χ1n) is 11.1. The van der Waals surface area contributed by atoms with E-state index < -0.39 is 5.82 Å². The maximum atomic E-state index is 14.9. The summed E-state index contributed by atoms with van der Waals surface area (Å²) in [7, 11) is 3.08. The van der Waals surface area contributed by atoms with Crippen molar-refractivity contribution in [1.82, 2.24) is 4.98 Å². The molecule has 0 fully saturated rings. The van der Waals surface area contributed by atoms with Crippen molar-refractivity contribution in [2.24, 2.45) is 0 Å². The number of benzene rings is 3. The lowest BCUT2D eigenvalue weighted by atomic mass is 10.0. The van der Waals surface area contributed by atoms with Gasteiger partial charge in [0, 0.05) is 46.8 Å². The Kier molecular flexibility index (Phi) is 8.13. The molecule has 0 aliphatic rings. The molecule has 1 heterocycles. The average Bonchev–Trinajstić information content (AvgIpc) is 2.84. The Bertz CT molecular complexity index is 1440. The van der Waals surface area contributed by atoms with E-state index in [4.69, 9.17) is 38.0 Å². The number of rotatable bonds is 10. The van der Waals surface area contributed by atoms with E-state index in [0.29, 0.717) is 50.0 Å². The molecule has 5 nitrogen and oxygen atoms in total. The highest BCUT2D eigenvalue weighted by molar-refractivity contribution is 7.80. The molecule has 0 saturated carbocycles. The van der Waals surface area contributed by atoms with Gasteiger partial charge in [0.15, 0.2) is 23.1 Å². The molecular formula is C28H23ClFNO4S. The van der Waals surface area contributed by atoms with Gasteiger partial charge in [-0.15, -0.1) is 0 Å². The molecule has 184 valence electrons. The van der Waals surface area contributed by atoms with Gasteiger partial charge in [0.05, 0.1) is 19.7 Å². The summed E-state index contributed by atoms with van der Waals surface area (Å²) in [5.74, 6) is 0.980. The molecule has 4 rings (SSSR count). The van der Waals surface area contributed by atoms with Crippen LogP contribution >= 0.6 is 23.8 Å². The van der Waals surface area contributed by atoms with E-state index in [0.717, 1.165) is 5.56 Å². The maximum Gasteiger partial charge on any atom is 0.166 e. The molecule has 4 aromatic rings. The van der Waals surface area contributed by atoms with Crippen molar-refractivity contribution in [3.8, 4) is 23.0 Å². The molecular weight excluding hydrogens is 501 g/mol. The van der Waals surface area contributed by atoms with E-state index in [2.05, 4.69) is 4.98 Å². The molecule has 0 radical (unpaired) electrons. The topological polar surface area (TPSA) is 57.7 Å². The number of ketones is 1. The summed E-state index contributed by atoms with van der Waals surface area (Å²) < 4.78 is 31.5. The van der Waals surface area contributed by atoms with Crippen LogP contribution in [0.25, 0.3) is 10.9 Å². The highest BCUT2D eigenvalue weighted by atomic mass is 35.5. The second-order valence-corrected chi connectivity index (χ2v) is 9.15. The summed E-state index contributed by atoms with van der Waals surface area (Å²) in [6, 6.07) is 16.9. The van der Waals surface area contributed by atoms with E-state index in [1.807, 2.05) is 6.07 Å². The minimum Gasteiger partial charge on any atom is -0.493 e. The third-order valence-corrected chi connectivity index (χ3v) is 6.03. The van der Waals surface area contributed by atoms with Crippen molar-refractivity contribution in [1.29, 1.82) is 0 Å². The first-order chi connectivity index (χ1) is 17.4. The second-order valence-electron chi connectivity index (χ2n) is 8.14. The van der Waals surface area contributed by atoms with E-state index >= 15 is 0 Å². The molecule has 0 amide bonds.